The van der Waals surface area contributed by atoms with Crippen molar-refractivity contribution in [3.05, 3.63) is 47.8 Å². The molecule has 0 amide bonds. The second kappa shape index (κ2) is 4.61. The van der Waals surface area contributed by atoms with E-state index in [9.17, 15) is 0 Å². The van der Waals surface area contributed by atoms with E-state index in [1.165, 1.54) is 0 Å². The second-order valence-corrected chi connectivity index (χ2v) is 5.42. The summed E-state index contributed by atoms with van der Waals surface area (Å²) >= 11 is 1.61. The summed E-state index contributed by atoms with van der Waals surface area (Å²) in [5.41, 5.74) is 1.59. The van der Waals surface area contributed by atoms with Gasteiger partial charge in [-0.3, -0.25) is 9.97 Å². The number of hydrogen-bond donors (Lipinski definition) is 0. The van der Waals surface area contributed by atoms with Crippen LogP contribution in [0.2, 0.25) is 0 Å². The van der Waals surface area contributed by atoms with Crippen molar-refractivity contribution < 1.29 is 4.84 Å². The van der Waals surface area contributed by atoms with Crippen LogP contribution < -0.4 is 0 Å². The van der Waals surface area contributed by atoms with Crippen LogP contribution >= 0.6 is 11.3 Å². The Kier molecular flexibility index (Phi) is 2.63. The van der Waals surface area contributed by atoms with Crippen LogP contribution in [-0.2, 0) is 4.84 Å². The lowest BCUT2D eigenvalue weighted by Gasteiger charge is -2.03. The maximum Gasteiger partial charge on any atom is 0.167 e. The fourth-order valence-electron chi connectivity index (χ4n) is 2.10. The van der Waals surface area contributed by atoms with E-state index >= 15 is 0 Å². The van der Waals surface area contributed by atoms with E-state index in [-0.39, 0.29) is 6.10 Å². The Bertz CT molecular complexity index is 753. The lowest BCUT2D eigenvalue weighted by Crippen LogP contribution is -2.02. The van der Waals surface area contributed by atoms with Gasteiger partial charge in [0.25, 0.3) is 0 Å². The van der Waals surface area contributed by atoms with E-state index in [1.54, 1.807) is 36.3 Å². The van der Waals surface area contributed by atoms with Crippen LogP contribution in [0.4, 0.5) is 0 Å². The highest BCUT2D eigenvalue weighted by molar-refractivity contribution is 7.18. The zero-order valence-electron chi connectivity index (χ0n) is 10.3. The molecule has 4 rings (SSSR count). The van der Waals surface area contributed by atoms with E-state index in [0.29, 0.717) is 6.42 Å². The summed E-state index contributed by atoms with van der Waals surface area (Å²) in [7, 11) is 0. The Balaban J connectivity index is 1.60. The van der Waals surface area contributed by atoms with Gasteiger partial charge in [0.2, 0.25) is 0 Å². The summed E-state index contributed by atoms with van der Waals surface area (Å²) in [6.07, 6.45) is 8.97. The minimum Gasteiger partial charge on any atom is -0.386 e. The monoisotopic (exact) mass is 283 g/mol. The molecule has 1 aliphatic rings. The van der Waals surface area contributed by atoms with Gasteiger partial charge in [-0.05, 0) is 6.07 Å². The first-order valence-corrected chi connectivity index (χ1v) is 6.90. The normalized spacial score (nSPS) is 18.0. The molecule has 3 aromatic heterocycles. The molecule has 1 unspecified atom stereocenters. The lowest BCUT2D eigenvalue weighted by atomic mass is 10.1. The van der Waals surface area contributed by atoms with Crippen LogP contribution in [0.15, 0.2) is 42.3 Å². The van der Waals surface area contributed by atoms with Crippen LogP contribution in [0.1, 0.15) is 23.1 Å². The molecule has 0 aliphatic carbocycles. The minimum atomic E-state index is -0.0776. The highest BCUT2D eigenvalue weighted by Crippen LogP contribution is 2.35. The fraction of sp³-hybridized carbons (Fsp3) is 0.154. The summed E-state index contributed by atoms with van der Waals surface area (Å²) in [5.74, 6) is 0. The quantitative estimate of drug-likeness (QED) is 0.721. The highest BCUT2D eigenvalue weighted by atomic mass is 32.1. The van der Waals surface area contributed by atoms with E-state index in [4.69, 9.17) is 4.84 Å². The third-order valence-electron chi connectivity index (χ3n) is 3.06. The topological polar surface area (TPSA) is 73.2 Å². The van der Waals surface area contributed by atoms with Gasteiger partial charge in [0.1, 0.15) is 22.6 Å². The number of fused-ring (bicyclic) bond motifs is 1. The van der Waals surface area contributed by atoms with Crippen LogP contribution in [-0.4, -0.2) is 25.6 Å². The Hall–Kier alpha value is -2.41. The third-order valence-corrected chi connectivity index (χ3v) is 4.21. The van der Waals surface area contributed by atoms with Crippen LogP contribution in [0.3, 0.4) is 0 Å². The predicted molar refractivity (Wildman–Crippen MR) is 74.4 cm³/mol. The Labute approximate surface area is 118 Å². The molecular formula is C13H9N5OS. The molecule has 0 spiro atoms. The van der Waals surface area contributed by atoms with Crippen LogP contribution in [0.5, 0.6) is 0 Å². The number of thiophene rings is 1. The van der Waals surface area contributed by atoms with Gasteiger partial charge in [0.15, 0.2) is 6.10 Å². The summed E-state index contributed by atoms with van der Waals surface area (Å²) < 4.78 is 0. The molecule has 98 valence electrons. The first-order chi connectivity index (χ1) is 9.90. The molecule has 20 heavy (non-hydrogen) atoms. The van der Waals surface area contributed by atoms with Crippen LogP contribution in [0.25, 0.3) is 10.2 Å². The lowest BCUT2D eigenvalue weighted by molar-refractivity contribution is 0.0884. The highest BCUT2D eigenvalue weighted by Gasteiger charge is 2.26. The van der Waals surface area contributed by atoms with Crippen molar-refractivity contribution in [1.82, 2.24) is 19.9 Å². The molecule has 1 atom stereocenters. The van der Waals surface area contributed by atoms with Crippen molar-refractivity contribution in [3.8, 4) is 0 Å². The van der Waals surface area contributed by atoms with Crippen molar-refractivity contribution in [2.24, 2.45) is 5.16 Å². The average molecular weight is 283 g/mol. The van der Waals surface area contributed by atoms with Gasteiger partial charge < -0.3 is 4.84 Å². The summed E-state index contributed by atoms with van der Waals surface area (Å²) in [5, 5.41) is 5.15. The number of rotatable bonds is 2. The summed E-state index contributed by atoms with van der Waals surface area (Å²) in [6.45, 7) is 0. The van der Waals surface area contributed by atoms with Gasteiger partial charge in [-0.15, -0.1) is 11.3 Å². The molecule has 7 heteroatoms. The molecular weight excluding hydrogens is 274 g/mol. The SMILES string of the molecule is c1cnc(C2=NOC(c3cc4cncnc4s3)C2)cn1. The molecule has 6 nitrogen and oxygen atoms in total. The molecule has 0 saturated heterocycles. The molecule has 1 aliphatic heterocycles. The predicted octanol–water partition coefficient (Wildman–Crippen LogP) is 2.35. The summed E-state index contributed by atoms with van der Waals surface area (Å²) in [6, 6.07) is 2.06. The van der Waals surface area contributed by atoms with E-state index in [2.05, 4.69) is 31.2 Å². The number of oxime groups is 1. The first-order valence-electron chi connectivity index (χ1n) is 6.09. The third kappa shape index (κ3) is 1.92. The van der Waals surface area contributed by atoms with Gasteiger partial charge in [-0.25, -0.2) is 9.97 Å². The van der Waals surface area contributed by atoms with Gasteiger partial charge in [-0.1, -0.05) is 5.16 Å². The van der Waals surface area contributed by atoms with Crippen molar-refractivity contribution in [2.45, 2.75) is 12.5 Å². The molecule has 0 saturated carbocycles. The number of hydrogen-bond acceptors (Lipinski definition) is 7. The molecule has 4 heterocycles. The van der Waals surface area contributed by atoms with Crippen molar-refractivity contribution >= 4 is 27.3 Å². The molecule has 0 N–H and O–H groups in total. The van der Waals surface area contributed by atoms with Gasteiger partial charge in [-0.2, -0.15) is 0 Å². The largest absolute Gasteiger partial charge is 0.386 e. The second-order valence-electron chi connectivity index (χ2n) is 4.36. The molecule has 0 bridgehead atoms. The minimum absolute atomic E-state index is 0.0776. The summed E-state index contributed by atoms with van der Waals surface area (Å²) in [4.78, 5) is 24.1. The van der Waals surface area contributed by atoms with Crippen molar-refractivity contribution in [1.29, 1.82) is 0 Å². The molecule has 3 aromatic rings. The molecule has 0 radical (unpaired) electrons. The number of nitrogens with zero attached hydrogens (tertiary/aromatic N) is 5. The van der Waals surface area contributed by atoms with E-state index in [1.807, 2.05) is 6.20 Å². The van der Waals surface area contributed by atoms with Gasteiger partial charge in [0, 0.05) is 30.4 Å². The molecule has 0 fully saturated rings. The maximum atomic E-state index is 5.52. The van der Waals surface area contributed by atoms with E-state index in [0.717, 1.165) is 26.5 Å². The Morgan fingerprint density at radius 2 is 2.15 bits per heavy atom. The smallest absolute Gasteiger partial charge is 0.167 e. The van der Waals surface area contributed by atoms with Gasteiger partial charge >= 0.3 is 0 Å². The zero-order chi connectivity index (χ0) is 13.4. The van der Waals surface area contributed by atoms with E-state index < -0.39 is 0 Å². The Morgan fingerprint density at radius 1 is 1.15 bits per heavy atom. The standard InChI is InChI=1S/C13H9N5OS/c1-2-16-10(6-14-1)9-4-11(19-18-9)12-3-8-5-15-7-17-13(8)20-12/h1-3,5-7,11H,4H2. The van der Waals surface area contributed by atoms with Crippen molar-refractivity contribution in [2.75, 3.05) is 0 Å². The Morgan fingerprint density at radius 3 is 3.00 bits per heavy atom. The molecule has 0 aromatic carbocycles. The van der Waals surface area contributed by atoms with Gasteiger partial charge in [0.05, 0.1) is 11.1 Å². The fourth-order valence-corrected chi connectivity index (χ4v) is 3.09. The zero-order valence-corrected chi connectivity index (χ0v) is 11.1. The number of aromatic nitrogens is 4. The van der Waals surface area contributed by atoms with Crippen molar-refractivity contribution in [3.63, 3.8) is 0 Å². The maximum absolute atomic E-state index is 5.52. The van der Waals surface area contributed by atoms with Crippen LogP contribution in [0, 0.1) is 0 Å². The first kappa shape index (κ1) is 11.4. The average Bonchev–Trinajstić information content (AvgIpc) is 3.14.